The minimum atomic E-state index is -4.43. The van der Waals surface area contributed by atoms with Gasteiger partial charge in [-0.15, -0.1) is 0 Å². The SMILES string of the molecule is O=C(Nc1cn[nH]c1OCC(F)(F)F)C12CC1C2. The molecule has 18 heavy (non-hydrogen) atoms. The molecule has 0 atom stereocenters. The van der Waals surface area contributed by atoms with E-state index in [1.54, 1.807) is 0 Å². The Morgan fingerprint density at radius 3 is 2.83 bits per heavy atom. The highest BCUT2D eigenvalue weighted by Crippen LogP contribution is 2.75. The quantitative estimate of drug-likeness (QED) is 0.866. The van der Waals surface area contributed by atoms with Gasteiger partial charge in [0, 0.05) is 0 Å². The molecule has 2 N–H and O–H groups in total. The van der Waals surface area contributed by atoms with Gasteiger partial charge >= 0.3 is 6.18 Å². The Balaban J connectivity index is 1.62. The maximum atomic E-state index is 12.0. The highest BCUT2D eigenvalue weighted by molar-refractivity contribution is 6.01. The lowest BCUT2D eigenvalue weighted by molar-refractivity contribution is -0.153. The summed E-state index contributed by atoms with van der Waals surface area (Å²) in [5.41, 5.74) is -0.102. The second-order valence-corrected chi connectivity index (χ2v) is 4.73. The molecule has 0 aliphatic heterocycles. The first-order valence-corrected chi connectivity index (χ1v) is 5.45. The van der Waals surface area contributed by atoms with Crippen LogP contribution in [0.1, 0.15) is 12.8 Å². The zero-order chi connectivity index (χ0) is 13.0. The number of hydrogen-bond acceptors (Lipinski definition) is 3. The Bertz CT molecular complexity index is 491. The van der Waals surface area contributed by atoms with E-state index in [1.165, 1.54) is 6.20 Å². The van der Waals surface area contributed by atoms with E-state index in [0.29, 0.717) is 5.92 Å². The molecule has 1 aromatic rings. The van der Waals surface area contributed by atoms with E-state index < -0.39 is 12.8 Å². The molecule has 0 spiro atoms. The number of carbonyl (C=O) groups excluding carboxylic acids is 1. The van der Waals surface area contributed by atoms with Crippen molar-refractivity contribution >= 4 is 11.6 Å². The lowest BCUT2D eigenvalue weighted by atomic mass is 10.2. The fourth-order valence-corrected chi connectivity index (χ4v) is 1.95. The zero-order valence-electron chi connectivity index (χ0n) is 9.17. The molecule has 5 nitrogen and oxygen atoms in total. The van der Waals surface area contributed by atoms with E-state index in [-0.39, 0.29) is 22.9 Å². The molecule has 3 rings (SSSR count). The van der Waals surface area contributed by atoms with Crippen LogP contribution in [0.15, 0.2) is 6.20 Å². The summed E-state index contributed by atoms with van der Waals surface area (Å²) in [7, 11) is 0. The molecule has 0 aromatic carbocycles. The number of H-pyrrole nitrogens is 1. The van der Waals surface area contributed by atoms with Crippen molar-refractivity contribution in [1.29, 1.82) is 0 Å². The van der Waals surface area contributed by atoms with Gasteiger partial charge in [-0.25, -0.2) is 5.10 Å². The van der Waals surface area contributed by atoms with Gasteiger partial charge in [0.2, 0.25) is 11.8 Å². The number of aromatic nitrogens is 2. The van der Waals surface area contributed by atoms with Gasteiger partial charge in [0.05, 0.1) is 11.6 Å². The first kappa shape index (κ1) is 11.4. The summed E-state index contributed by atoms with van der Waals surface area (Å²) >= 11 is 0. The fourth-order valence-electron chi connectivity index (χ4n) is 1.95. The van der Waals surface area contributed by atoms with Gasteiger partial charge < -0.3 is 10.1 Å². The number of ether oxygens (including phenoxy) is 1. The van der Waals surface area contributed by atoms with Crippen molar-refractivity contribution in [2.75, 3.05) is 11.9 Å². The molecule has 2 aliphatic rings. The van der Waals surface area contributed by atoms with Crippen LogP contribution in [-0.4, -0.2) is 28.9 Å². The number of anilines is 1. The summed E-state index contributed by atoms with van der Waals surface area (Å²) in [6, 6.07) is 0. The van der Waals surface area contributed by atoms with Gasteiger partial charge in [-0.3, -0.25) is 4.79 Å². The molecule has 1 amide bonds. The number of aromatic amines is 1. The topological polar surface area (TPSA) is 67.0 Å². The highest BCUT2D eigenvalue weighted by Gasteiger charge is 2.74. The molecule has 2 saturated carbocycles. The minimum absolute atomic E-state index is 0.149. The number of nitrogens with zero attached hydrogens (tertiary/aromatic N) is 1. The van der Waals surface area contributed by atoms with Crippen molar-refractivity contribution in [2.45, 2.75) is 19.0 Å². The van der Waals surface area contributed by atoms with E-state index in [2.05, 4.69) is 20.3 Å². The summed E-state index contributed by atoms with van der Waals surface area (Å²) in [4.78, 5) is 11.8. The normalized spacial score (nSPS) is 28.5. The summed E-state index contributed by atoms with van der Waals surface area (Å²) in [6.45, 7) is -1.42. The third-order valence-corrected chi connectivity index (χ3v) is 3.37. The predicted octanol–water partition coefficient (Wildman–Crippen LogP) is 1.70. The Labute approximate surface area is 99.7 Å². The van der Waals surface area contributed by atoms with E-state index in [9.17, 15) is 18.0 Å². The summed E-state index contributed by atoms with van der Waals surface area (Å²) in [5.74, 6) is 0.129. The summed E-state index contributed by atoms with van der Waals surface area (Å²) in [6.07, 6.45) is -1.45. The Morgan fingerprint density at radius 1 is 1.61 bits per heavy atom. The minimum Gasteiger partial charge on any atom is -0.467 e. The first-order chi connectivity index (χ1) is 8.41. The van der Waals surface area contributed by atoms with Crippen LogP contribution in [0.3, 0.4) is 0 Å². The standard InChI is InChI=1S/C10H10F3N3O2/c11-10(12,13)4-18-7-6(3-14-16-7)15-8(17)9-1-5(9)2-9/h3,5H,1-2,4H2,(H,14,16)(H,15,17). The number of fused-ring (bicyclic) bond motifs is 1. The van der Waals surface area contributed by atoms with Gasteiger partial charge in [-0.1, -0.05) is 0 Å². The fraction of sp³-hybridized carbons (Fsp3) is 0.600. The predicted molar refractivity (Wildman–Crippen MR) is 53.9 cm³/mol. The third-order valence-electron chi connectivity index (χ3n) is 3.37. The van der Waals surface area contributed by atoms with Crippen LogP contribution in [0.5, 0.6) is 5.88 Å². The van der Waals surface area contributed by atoms with Crippen LogP contribution in [0.4, 0.5) is 18.9 Å². The number of hydrogen-bond donors (Lipinski definition) is 2. The molecule has 0 bridgehead atoms. The van der Waals surface area contributed by atoms with Crippen LogP contribution in [-0.2, 0) is 4.79 Å². The number of rotatable bonds is 4. The van der Waals surface area contributed by atoms with Crippen molar-refractivity contribution in [2.24, 2.45) is 11.3 Å². The highest BCUT2D eigenvalue weighted by atomic mass is 19.4. The van der Waals surface area contributed by atoms with Crippen molar-refractivity contribution in [3.8, 4) is 5.88 Å². The second-order valence-electron chi connectivity index (χ2n) is 4.73. The second kappa shape index (κ2) is 3.39. The Hall–Kier alpha value is -1.73. The number of nitrogens with one attached hydrogen (secondary N) is 2. The zero-order valence-corrected chi connectivity index (χ0v) is 9.17. The summed E-state index contributed by atoms with van der Waals surface area (Å²) < 4.78 is 40.5. The van der Waals surface area contributed by atoms with Crippen molar-refractivity contribution in [3.63, 3.8) is 0 Å². The molecule has 98 valence electrons. The molecule has 8 heteroatoms. The maximum Gasteiger partial charge on any atom is 0.422 e. The van der Waals surface area contributed by atoms with Gasteiger partial charge in [0.1, 0.15) is 5.69 Å². The maximum absolute atomic E-state index is 12.0. The van der Waals surface area contributed by atoms with Gasteiger partial charge in [-0.05, 0) is 18.8 Å². The van der Waals surface area contributed by atoms with Crippen LogP contribution in [0.25, 0.3) is 0 Å². The largest absolute Gasteiger partial charge is 0.467 e. The number of amides is 1. The number of alkyl halides is 3. The molecule has 1 heterocycles. The van der Waals surface area contributed by atoms with E-state index in [4.69, 9.17) is 0 Å². The van der Waals surface area contributed by atoms with E-state index in [1.807, 2.05) is 0 Å². The van der Waals surface area contributed by atoms with Crippen molar-refractivity contribution in [1.82, 2.24) is 10.2 Å². The molecule has 0 saturated heterocycles. The van der Waals surface area contributed by atoms with E-state index in [0.717, 1.165) is 12.8 Å². The van der Waals surface area contributed by atoms with Crippen LogP contribution in [0.2, 0.25) is 0 Å². The molecule has 0 radical (unpaired) electrons. The number of halogens is 3. The van der Waals surface area contributed by atoms with Gasteiger partial charge in [-0.2, -0.15) is 18.3 Å². The molecular formula is C10H10F3N3O2. The lowest BCUT2D eigenvalue weighted by Gasteiger charge is -2.10. The van der Waals surface area contributed by atoms with Crippen molar-refractivity contribution in [3.05, 3.63) is 6.20 Å². The Kier molecular flexibility index (Phi) is 2.14. The molecule has 2 fully saturated rings. The number of carbonyl (C=O) groups is 1. The smallest absolute Gasteiger partial charge is 0.422 e. The van der Waals surface area contributed by atoms with Gasteiger partial charge in [0.15, 0.2) is 6.61 Å². The summed E-state index contributed by atoms with van der Waals surface area (Å²) in [5, 5.41) is 8.39. The monoisotopic (exact) mass is 261 g/mol. The lowest BCUT2D eigenvalue weighted by Crippen LogP contribution is -2.21. The van der Waals surface area contributed by atoms with Crippen molar-refractivity contribution < 1.29 is 22.7 Å². The molecular weight excluding hydrogens is 251 g/mol. The van der Waals surface area contributed by atoms with E-state index >= 15 is 0 Å². The molecule has 0 unspecified atom stereocenters. The van der Waals surface area contributed by atoms with Crippen LogP contribution < -0.4 is 10.1 Å². The van der Waals surface area contributed by atoms with Crippen LogP contribution in [0, 0.1) is 11.3 Å². The molecule has 1 aromatic heterocycles. The Morgan fingerprint density at radius 2 is 2.28 bits per heavy atom. The van der Waals surface area contributed by atoms with Gasteiger partial charge in [0.25, 0.3) is 0 Å². The average molecular weight is 261 g/mol. The molecule has 2 aliphatic carbocycles. The average Bonchev–Trinajstić information content (AvgIpc) is 3.05. The first-order valence-electron chi connectivity index (χ1n) is 5.45. The van der Waals surface area contributed by atoms with Crippen LogP contribution >= 0.6 is 0 Å². The third kappa shape index (κ3) is 1.91.